The SMILES string of the molecule is CCOc1ccc(/C=C2\SC(=O)N(CC[NH3+])C2=O)cc1OC. The zero-order valence-electron chi connectivity index (χ0n) is 12.6. The predicted molar refractivity (Wildman–Crippen MR) is 84.6 cm³/mol. The van der Waals surface area contributed by atoms with Crippen molar-refractivity contribution in [1.29, 1.82) is 0 Å². The maximum absolute atomic E-state index is 12.2. The molecule has 6 nitrogen and oxygen atoms in total. The first-order chi connectivity index (χ1) is 10.6. The van der Waals surface area contributed by atoms with E-state index in [1.54, 1.807) is 25.3 Å². The smallest absolute Gasteiger partial charge is 0.293 e. The summed E-state index contributed by atoms with van der Waals surface area (Å²) in [5, 5.41) is -0.252. The van der Waals surface area contributed by atoms with Crippen molar-refractivity contribution in [2.45, 2.75) is 6.92 Å². The number of quaternary nitrogens is 1. The first-order valence-corrected chi connectivity index (χ1v) is 7.77. The van der Waals surface area contributed by atoms with Gasteiger partial charge in [0.1, 0.15) is 0 Å². The minimum atomic E-state index is -0.272. The van der Waals surface area contributed by atoms with E-state index in [9.17, 15) is 9.59 Å². The van der Waals surface area contributed by atoms with Gasteiger partial charge in [-0.3, -0.25) is 14.5 Å². The Morgan fingerprint density at radius 1 is 1.32 bits per heavy atom. The summed E-state index contributed by atoms with van der Waals surface area (Å²) < 4.78 is 10.7. The van der Waals surface area contributed by atoms with E-state index in [-0.39, 0.29) is 11.1 Å². The number of carbonyl (C=O) groups excluding carboxylic acids is 2. The van der Waals surface area contributed by atoms with Crippen LogP contribution in [0.1, 0.15) is 12.5 Å². The van der Waals surface area contributed by atoms with E-state index in [2.05, 4.69) is 5.73 Å². The number of methoxy groups -OCH3 is 1. The Morgan fingerprint density at radius 2 is 2.09 bits per heavy atom. The molecular weight excluding hydrogens is 304 g/mol. The molecule has 0 atom stereocenters. The lowest BCUT2D eigenvalue weighted by Crippen LogP contribution is -2.55. The third-order valence-electron chi connectivity index (χ3n) is 3.04. The number of ether oxygens (including phenoxy) is 2. The Hall–Kier alpha value is -1.99. The number of thioether (sulfide) groups is 1. The van der Waals surface area contributed by atoms with Crippen LogP contribution in [0.15, 0.2) is 23.1 Å². The normalized spacial score (nSPS) is 16.5. The Balaban J connectivity index is 2.26. The van der Waals surface area contributed by atoms with Crippen molar-refractivity contribution in [2.75, 3.05) is 26.8 Å². The minimum Gasteiger partial charge on any atom is -0.493 e. The van der Waals surface area contributed by atoms with E-state index < -0.39 is 0 Å². The number of hydrogen-bond donors (Lipinski definition) is 1. The summed E-state index contributed by atoms with van der Waals surface area (Å²) >= 11 is 0.943. The fourth-order valence-electron chi connectivity index (χ4n) is 2.05. The summed E-state index contributed by atoms with van der Waals surface area (Å²) in [6.45, 7) is 3.28. The largest absolute Gasteiger partial charge is 0.493 e. The number of amides is 2. The fourth-order valence-corrected chi connectivity index (χ4v) is 2.92. The first-order valence-electron chi connectivity index (χ1n) is 6.96. The number of carbonyl (C=O) groups is 2. The van der Waals surface area contributed by atoms with Crippen molar-refractivity contribution in [3.8, 4) is 11.5 Å². The highest BCUT2D eigenvalue weighted by molar-refractivity contribution is 8.18. The molecule has 0 aromatic heterocycles. The molecule has 1 aliphatic rings. The maximum Gasteiger partial charge on any atom is 0.293 e. The first kappa shape index (κ1) is 16.4. The van der Waals surface area contributed by atoms with Crippen LogP contribution in [-0.4, -0.2) is 42.9 Å². The molecule has 2 rings (SSSR count). The number of nitrogens with zero attached hydrogens (tertiary/aromatic N) is 1. The van der Waals surface area contributed by atoms with E-state index in [1.807, 2.05) is 13.0 Å². The van der Waals surface area contributed by atoms with Crippen LogP contribution in [0.3, 0.4) is 0 Å². The molecule has 2 amide bonds. The van der Waals surface area contributed by atoms with Crippen molar-refractivity contribution in [2.24, 2.45) is 0 Å². The van der Waals surface area contributed by atoms with Crippen LogP contribution in [0.5, 0.6) is 11.5 Å². The molecule has 22 heavy (non-hydrogen) atoms. The second kappa shape index (κ2) is 7.33. The summed E-state index contributed by atoms with van der Waals surface area (Å²) in [4.78, 5) is 25.6. The zero-order chi connectivity index (χ0) is 16.1. The molecule has 1 aromatic carbocycles. The quantitative estimate of drug-likeness (QED) is 0.800. The Bertz CT molecular complexity index is 616. The molecule has 1 fully saturated rings. The molecule has 118 valence electrons. The lowest BCUT2D eigenvalue weighted by atomic mass is 10.2. The molecule has 1 heterocycles. The van der Waals surface area contributed by atoms with Crippen LogP contribution in [-0.2, 0) is 4.79 Å². The van der Waals surface area contributed by atoms with E-state index in [0.29, 0.717) is 36.1 Å². The minimum absolute atomic E-state index is 0.252. The van der Waals surface area contributed by atoms with Gasteiger partial charge >= 0.3 is 0 Å². The second-order valence-corrected chi connectivity index (χ2v) is 5.52. The summed E-state index contributed by atoms with van der Waals surface area (Å²) in [5.74, 6) is 0.964. The fraction of sp³-hybridized carbons (Fsp3) is 0.333. The molecular formula is C15H19N2O4S+. The molecule has 0 unspecified atom stereocenters. The predicted octanol–water partition coefficient (Wildman–Crippen LogP) is 1.37. The van der Waals surface area contributed by atoms with Gasteiger partial charge in [0.05, 0.1) is 31.7 Å². The lowest BCUT2D eigenvalue weighted by Gasteiger charge is -2.10. The van der Waals surface area contributed by atoms with E-state index >= 15 is 0 Å². The molecule has 1 aliphatic heterocycles. The molecule has 1 saturated heterocycles. The third-order valence-corrected chi connectivity index (χ3v) is 3.95. The molecule has 0 radical (unpaired) electrons. The van der Waals surface area contributed by atoms with Gasteiger partial charge in [-0.25, -0.2) is 0 Å². The summed E-state index contributed by atoms with van der Waals surface area (Å²) in [7, 11) is 1.56. The van der Waals surface area contributed by atoms with Gasteiger partial charge in [0.25, 0.3) is 11.1 Å². The van der Waals surface area contributed by atoms with Gasteiger partial charge in [0, 0.05) is 0 Å². The monoisotopic (exact) mass is 323 g/mol. The highest BCUT2D eigenvalue weighted by atomic mass is 32.2. The van der Waals surface area contributed by atoms with Crippen LogP contribution < -0.4 is 15.2 Å². The summed E-state index contributed by atoms with van der Waals surface area (Å²) in [6.07, 6.45) is 1.69. The standard InChI is InChI=1S/C15H18N2O4S/c1-3-21-11-5-4-10(8-12(11)20-2)9-13-14(18)17(7-6-16)15(19)22-13/h4-5,8-9H,3,6-7,16H2,1-2H3/p+1/b13-9-. The number of imide groups is 1. The van der Waals surface area contributed by atoms with Gasteiger partial charge in [-0.2, -0.15) is 0 Å². The van der Waals surface area contributed by atoms with Crippen molar-refractivity contribution in [3.63, 3.8) is 0 Å². The number of rotatable bonds is 6. The zero-order valence-corrected chi connectivity index (χ0v) is 13.4. The van der Waals surface area contributed by atoms with E-state index in [0.717, 1.165) is 17.3 Å². The summed E-state index contributed by atoms with van der Waals surface area (Å²) in [6, 6.07) is 5.39. The van der Waals surface area contributed by atoms with Crippen molar-refractivity contribution >= 4 is 29.0 Å². The molecule has 7 heteroatoms. The van der Waals surface area contributed by atoms with Crippen LogP contribution >= 0.6 is 11.8 Å². The Kier molecular flexibility index (Phi) is 5.46. The molecule has 0 saturated carbocycles. The Morgan fingerprint density at radius 3 is 2.73 bits per heavy atom. The van der Waals surface area contributed by atoms with Crippen LogP contribution in [0.4, 0.5) is 4.79 Å². The van der Waals surface area contributed by atoms with Crippen molar-refractivity contribution < 1.29 is 24.8 Å². The lowest BCUT2D eigenvalue weighted by molar-refractivity contribution is -0.367. The van der Waals surface area contributed by atoms with E-state index in [1.165, 1.54) is 4.90 Å². The number of hydrogen-bond acceptors (Lipinski definition) is 5. The summed E-state index contributed by atoms with van der Waals surface area (Å²) in [5.41, 5.74) is 4.45. The van der Waals surface area contributed by atoms with Gasteiger partial charge in [-0.1, -0.05) is 6.07 Å². The highest BCUT2D eigenvalue weighted by Crippen LogP contribution is 2.34. The van der Waals surface area contributed by atoms with Crippen LogP contribution in [0, 0.1) is 0 Å². The van der Waals surface area contributed by atoms with Crippen LogP contribution in [0.2, 0.25) is 0 Å². The van der Waals surface area contributed by atoms with Crippen molar-refractivity contribution in [1.82, 2.24) is 4.90 Å². The maximum atomic E-state index is 12.2. The van der Waals surface area contributed by atoms with Crippen molar-refractivity contribution in [3.05, 3.63) is 28.7 Å². The van der Waals surface area contributed by atoms with Gasteiger partial charge in [-0.15, -0.1) is 0 Å². The Labute approximate surface area is 133 Å². The van der Waals surface area contributed by atoms with Gasteiger partial charge < -0.3 is 15.2 Å². The van der Waals surface area contributed by atoms with Gasteiger partial charge in [0.15, 0.2) is 11.5 Å². The van der Waals surface area contributed by atoms with E-state index in [4.69, 9.17) is 9.47 Å². The molecule has 0 bridgehead atoms. The molecule has 1 aromatic rings. The molecule has 3 N–H and O–H groups in total. The third kappa shape index (κ3) is 3.42. The second-order valence-electron chi connectivity index (χ2n) is 4.53. The molecule has 0 spiro atoms. The highest BCUT2D eigenvalue weighted by Gasteiger charge is 2.34. The van der Waals surface area contributed by atoms with Crippen LogP contribution in [0.25, 0.3) is 6.08 Å². The number of benzene rings is 1. The average Bonchev–Trinajstić information content (AvgIpc) is 2.77. The van der Waals surface area contributed by atoms with Gasteiger partial charge in [0.2, 0.25) is 0 Å². The van der Waals surface area contributed by atoms with Gasteiger partial charge in [-0.05, 0) is 42.5 Å². The average molecular weight is 323 g/mol. The topological polar surface area (TPSA) is 83.5 Å². The molecule has 0 aliphatic carbocycles.